The van der Waals surface area contributed by atoms with Crippen molar-refractivity contribution in [1.29, 1.82) is 5.26 Å². The Morgan fingerprint density at radius 1 is 1.07 bits per heavy atom. The van der Waals surface area contributed by atoms with Crippen molar-refractivity contribution >= 4 is 34.2 Å². The van der Waals surface area contributed by atoms with Crippen LogP contribution in [0.25, 0.3) is 16.7 Å². The first kappa shape index (κ1) is 25.8. The normalized spacial score (nSPS) is 15.4. The van der Waals surface area contributed by atoms with Gasteiger partial charge in [0.15, 0.2) is 5.75 Å². The van der Waals surface area contributed by atoms with Crippen molar-refractivity contribution in [2.75, 3.05) is 13.1 Å². The van der Waals surface area contributed by atoms with Gasteiger partial charge in [0.05, 0.1) is 33.1 Å². The molecule has 3 heterocycles. The summed E-state index contributed by atoms with van der Waals surface area (Å²) in [6, 6.07) is 20.7. The maximum absolute atomic E-state index is 12.3. The molecule has 1 unspecified atom stereocenters. The van der Waals surface area contributed by atoms with Crippen LogP contribution in [-0.2, 0) is 6.54 Å². The lowest BCUT2D eigenvalue weighted by atomic mass is 10.2. The van der Waals surface area contributed by atoms with Crippen LogP contribution in [0.5, 0.6) is 11.5 Å². The number of imidazole rings is 1. The summed E-state index contributed by atoms with van der Waals surface area (Å²) in [6.45, 7) is 2.82. The molecule has 0 spiro atoms. The van der Waals surface area contributed by atoms with E-state index in [1.807, 2.05) is 29.5 Å². The Hall–Kier alpha value is -4.43. The monoisotopic (exact) mass is 573 g/mol. The molecule has 10 nitrogen and oxygen atoms in total. The van der Waals surface area contributed by atoms with E-state index in [2.05, 4.69) is 43.8 Å². The van der Waals surface area contributed by atoms with Gasteiger partial charge in [-0.3, -0.25) is 14.7 Å². The first-order valence-corrected chi connectivity index (χ1v) is 13.2. The van der Waals surface area contributed by atoms with Crippen LogP contribution < -0.4 is 16.0 Å². The third-order valence-corrected chi connectivity index (χ3v) is 7.38. The average molecular weight is 574 g/mol. The lowest BCUT2D eigenvalue weighted by Gasteiger charge is -2.17. The number of hydrogen-bond acceptors (Lipinski definition) is 7. The molecule has 6 rings (SSSR count). The quantitative estimate of drug-likeness (QED) is 0.312. The molecule has 0 aliphatic carbocycles. The summed E-state index contributed by atoms with van der Waals surface area (Å²) < 4.78 is 9.11. The van der Waals surface area contributed by atoms with Crippen molar-refractivity contribution in [3.05, 3.63) is 109 Å². The number of nitriles is 1. The lowest BCUT2D eigenvalue weighted by molar-refractivity contribution is 0.317. The SMILES string of the molecule is N#Cc1nn(-c2cc(Cl)c(Oc3ccc4ncn(C5CCN(Cc6ccccc6)C5)c4c3)c(Cl)c2)c(=O)[nH]c1=O. The Morgan fingerprint density at radius 3 is 2.60 bits per heavy atom. The number of nitrogens with zero attached hydrogens (tertiary/aromatic N) is 6. The van der Waals surface area contributed by atoms with E-state index in [9.17, 15) is 9.59 Å². The first-order valence-electron chi connectivity index (χ1n) is 12.4. The number of likely N-dealkylation sites (tertiary alicyclic amines) is 1. The number of aromatic amines is 1. The van der Waals surface area contributed by atoms with Gasteiger partial charge in [-0.25, -0.2) is 9.78 Å². The molecule has 0 amide bonds. The fourth-order valence-electron chi connectivity index (χ4n) is 4.92. The van der Waals surface area contributed by atoms with E-state index >= 15 is 0 Å². The maximum Gasteiger partial charge on any atom is 0.349 e. The highest BCUT2D eigenvalue weighted by atomic mass is 35.5. The maximum atomic E-state index is 12.3. The van der Waals surface area contributed by atoms with Gasteiger partial charge in [0, 0.05) is 31.7 Å². The van der Waals surface area contributed by atoms with Crippen LogP contribution in [0.2, 0.25) is 10.0 Å². The molecule has 0 radical (unpaired) electrons. The Labute approximate surface area is 237 Å². The van der Waals surface area contributed by atoms with Crippen LogP contribution in [0.3, 0.4) is 0 Å². The number of rotatable bonds is 6. The van der Waals surface area contributed by atoms with Crippen molar-refractivity contribution in [2.24, 2.45) is 0 Å². The van der Waals surface area contributed by atoms with Crippen molar-refractivity contribution in [2.45, 2.75) is 19.0 Å². The molecule has 3 aromatic carbocycles. The first-order chi connectivity index (χ1) is 19.4. The van der Waals surface area contributed by atoms with Crippen LogP contribution in [-0.4, -0.2) is 42.3 Å². The minimum absolute atomic E-state index is 0.113. The molecule has 40 heavy (non-hydrogen) atoms. The number of H-pyrrole nitrogens is 1. The predicted octanol–water partition coefficient (Wildman–Crippen LogP) is 4.69. The molecule has 0 bridgehead atoms. The van der Waals surface area contributed by atoms with Gasteiger partial charge >= 0.3 is 5.69 Å². The standard InChI is InChI=1S/C28H21Cl2N7O3/c29-21-10-19(37-28(39)33-27(38)24(13-31)34-37)11-22(30)26(21)40-20-6-7-23-25(12-20)36(16-32-23)18-8-9-35(15-18)14-17-4-2-1-3-5-17/h1-7,10-12,16,18H,8-9,14-15H2,(H,33,38,39). The highest BCUT2D eigenvalue weighted by Gasteiger charge is 2.25. The summed E-state index contributed by atoms with van der Waals surface area (Å²) in [5, 5.41) is 13.1. The molecule has 1 aliphatic heterocycles. The van der Waals surface area contributed by atoms with E-state index in [4.69, 9.17) is 33.2 Å². The summed E-state index contributed by atoms with van der Waals surface area (Å²) in [5.41, 5.74) is 1.05. The third-order valence-electron chi connectivity index (χ3n) is 6.82. The minimum Gasteiger partial charge on any atom is -0.454 e. The number of aromatic nitrogens is 5. The van der Waals surface area contributed by atoms with Crippen LogP contribution >= 0.6 is 23.2 Å². The van der Waals surface area contributed by atoms with Gasteiger partial charge in [-0.15, -0.1) is 5.10 Å². The van der Waals surface area contributed by atoms with Crippen LogP contribution in [0, 0.1) is 11.3 Å². The van der Waals surface area contributed by atoms with E-state index in [-0.39, 0.29) is 27.5 Å². The minimum atomic E-state index is -0.878. The molecule has 1 saturated heterocycles. The Balaban J connectivity index is 1.25. The van der Waals surface area contributed by atoms with Gasteiger partial charge < -0.3 is 9.30 Å². The Bertz CT molecular complexity index is 1870. The second kappa shape index (κ2) is 10.6. The molecule has 1 N–H and O–H groups in total. The zero-order chi connectivity index (χ0) is 27.8. The zero-order valence-electron chi connectivity index (χ0n) is 20.9. The predicted molar refractivity (Wildman–Crippen MR) is 150 cm³/mol. The number of halogens is 2. The fourth-order valence-corrected chi connectivity index (χ4v) is 5.47. The van der Waals surface area contributed by atoms with Gasteiger partial charge in [0.25, 0.3) is 5.56 Å². The van der Waals surface area contributed by atoms with E-state index in [0.717, 1.165) is 41.8 Å². The number of ether oxygens (including phenoxy) is 1. The topological polar surface area (TPSA) is 122 Å². The van der Waals surface area contributed by atoms with E-state index in [1.165, 1.54) is 17.7 Å². The van der Waals surface area contributed by atoms with Crippen molar-refractivity contribution in [1.82, 2.24) is 29.2 Å². The van der Waals surface area contributed by atoms with E-state index in [1.54, 1.807) is 12.1 Å². The van der Waals surface area contributed by atoms with E-state index < -0.39 is 16.9 Å². The third kappa shape index (κ3) is 4.98. The van der Waals surface area contributed by atoms with Crippen molar-refractivity contribution in [3.63, 3.8) is 0 Å². The second-order valence-electron chi connectivity index (χ2n) is 9.44. The molecule has 5 aromatic rings. The summed E-state index contributed by atoms with van der Waals surface area (Å²) in [4.78, 5) is 33.0. The molecule has 200 valence electrons. The largest absolute Gasteiger partial charge is 0.454 e. The van der Waals surface area contributed by atoms with Crippen molar-refractivity contribution < 1.29 is 4.74 Å². The van der Waals surface area contributed by atoms with Gasteiger partial charge in [0.1, 0.15) is 11.8 Å². The highest BCUT2D eigenvalue weighted by Crippen LogP contribution is 2.39. The van der Waals surface area contributed by atoms with Crippen LogP contribution in [0.15, 0.2) is 76.6 Å². The van der Waals surface area contributed by atoms with Gasteiger partial charge in [-0.05, 0) is 36.2 Å². The molecule has 1 atom stereocenters. The fraction of sp³-hybridized carbons (Fsp3) is 0.179. The molecule has 1 fully saturated rings. The van der Waals surface area contributed by atoms with Crippen molar-refractivity contribution in [3.8, 4) is 23.3 Å². The summed E-state index contributed by atoms with van der Waals surface area (Å²) >= 11 is 13.0. The zero-order valence-corrected chi connectivity index (χ0v) is 22.4. The summed E-state index contributed by atoms with van der Waals surface area (Å²) in [6.07, 6.45) is 2.87. The lowest BCUT2D eigenvalue weighted by Crippen LogP contribution is -2.33. The molecular formula is C28H21Cl2N7O3. The molecule has 1 aliphatic rings. The number of hydrogen-bond donors (Lipinski definition) is 1. The number of benzene rings is 3. The summed E-state index contributed by atoms with van der Waals surface area (Å²) in [7, 11) is 0. The van der Waals surface area contributed by atoms with Crippen LogP contribution in [0.1, 0.15) is 23.7 Å². The Kier molecular flexibility index (Phi) is 6.86. The molecule has 12 heteroatoms. The smallest absolute Gasteiger partial charge is 0.349 e. The molecule has 0 saturated carbocycles. The molecule has 2 aromatic heterocycles. The Morgan fingerprint density at radius 2 is 1.85 bits per heavy atom. The number of nitrogens with one attached hydrogen (secondary N) is 1. The molecular weight excluding hydrogens is 553 g/mol. The van der Waals surface area contributed by atoms with Gasteiger partial charge in [0.2, 0.25) is 5.69 Å². The highest BCUT2D eigenvalue weighted by molar-refractivity contribution is 6.37. The summed E-state index contributed by atoms with van der Waals surface area (Å²) in [5.74, 6) is 0.696. The van der Waals surface area contributed by atoms with Crippen LogP contribution in [0.4, 0.5) is 0 Å². The van der Waals surface area contributed by atoms with Gasteiger partial charge in [-0.2, -0.15) is 9.94 Å². The van der Waals surface area contributed by atoms with Gasteiger partial charge in [-0.1, -0.05) is 53.5 Å². The number of fused-ring (bicyclic) bond motifs is 1. The average Bonchev–Trinajstić information content (AvgIpc) is 3.58. The second-order valence-corrected chi connectivity index (χ2v) is 10.3. The van der Waals surface area contributed by atoms with E-state index in [0.29, 0.717) is 5.75 Å².